The van der Waals surface area contributed by atoms with Crippen molar-refractivity contribution in [3.8, 4) is 0 Å². The monoisotopic (exact) mass is 529 g/mol. The lowest BCUT2D eigenvalue weighted by molar-refractivity contribution is -0.163. The van der Waals surface area contributed by atoms with Gasteiger partial charge in [-0.15, -0.1) is 0 Å². The molecule has 1 aromatic rings. The molecular weight excluding hydrogens is 498 g/mol. The minimum Gasteiger partial charge on any atom is -0.477 e. The number of carbonyl (C=O) groups is 3. The number of piperazine rings is 1. The Morgan fingerprint density at radius 1 is 1.08 bits per heavy atom. The summed E-state index contributed by atoms with van der Waals surface area (Å²) in [6.45, 7) is 2.45. The third kappa shape index (κ3) is 4.28. The Balaban J connectivity index is 1.28. The second kappa shape index (κ2) is 9.70. The molecule has 11 heteroatoms. The molecule has 0 unspecified atom stereocenters. The zero-order chi connectivity index (χ0) is 26.5. The van der Waals surface area contributed by atoms with Gasteiger partial charge >= 0.3 is 5.97 Å². The maximum Gasteiger partial charge on any atom is 0.352 e. The summed E-state index contributed by atoms with van der Waals surface area (Å²) in [6.07, 6.45) is 4.55. The van der Waals surface area contributed by atoms with Crippen LogP contribution in [0.2, 0.25) is 0 Å². The van der Waals surface area contributed by atoms with Crippen LogP contribution in [0.15, 0.2) is 58.6 Å². The van der Waals surface area contributed by atoms with E-state index in [-0.39, 0.29) is 66.5 Å². The lowest BCUT2D eigenvalue weighted by Gasteiger charge is -2.47. The Morgan fingerprint density at radius 3 is 2.38 bits per heavy atom. The second-order valence-corrected chi connectivity index (χ2v) is 12.1. The van der Waals surface area contributed by atoms with E-state index in [2.05, 4.69) is 0 Å². The van der Waals surface area contributed by atoms with Crippen LogP contribution in [0.4, 0.5) is 0 Å². The van der Waals surface area contributed by atoms with Crippen LogP contribution in [0.1, 0.15) is 26.2 Å². The van der Waals surface area contributed by atoms with E-state index >= 15 is 0 Å². The average molecular weight is 530 g/mol. The Labute approximate surface area is 215 Å². The average Bonchev–Trinajstić information content (AvgIpc) is 3.19. The quantitative estimate of drug-likeness (QED) is 0.415. The number of carboxylic acids is 1. The number of carbonyl (C=O) groups excluding carboxylic acids is 2. The topological polar surface area (TPSA) is 136 Å². The van der Waals surface area contributed by atoms with Crippen LogP contribution in [0, 0.1) is 17.8 Å². The number of carboxylic acid groups (broad SMARTS) is 1. The molecule has 2 amide bonds. The molecule has 0 radical (unpaired) electrons. The molecule has 10 nitrogen and oxygen atoms in total. The van der Waals surface area contributed by atoms with Crippen molar-refractivity contribution < 1.29 is 33.0 Å². The van der Waals surface area contributed by atoms with E-state index in [1.807, 2.05) is 0 Å². The zero-order valence-electron chi connectivity index (χ0n) is 20.6. The highest BCUT2D eigenvalue weighted by atomic mass is 32.2. The first-order chi connectivity index (χ1) is 17.6. The largest absolute Gasteiger partial charge is 0.477 e. The van der Waals surface area contributed by atoms with Crippen LogP contribution in [-0.4, -0.2) is 88.8 Å². The third-order valence-electron chi connectivity index (χ3n) is 8.07. The normalized spacial score (nSPS) is 29.2. The van der Waals surface area contributed by atoms with Gasteiger partial charge in [-0.3, -0.25) is 9.59 Å². The second-order valence-electron chi connectivity index (χ2n) is 10.1. The minimum atomic E-state index is -3.62. The summed E-state index contributed by atoms with van der Waals surface area (Å²) in [5, 5.41) is 20.0. The highest BCUT2D eigenvalue weighted by Crippen LogP contribution is 2.54. The molecular formula is C26H31N3O7S. The number of hydrogen-bond donors (Lipinski definition) is 2. The van der Waals surface area contributed by atoms with Crippen molar-refractivity contribution in [1.82, 2.24) is 14.1 Å². The highest BCUT2D eigenvalue weighted by Gasteiger charge is 2.62. The van der Waals surface area contributed by atoms with E-state index in [0.717, 1.165) is 12.8 Å². The van der Waals surface area contributed by atoms with Crippen LogP contribution < -0.4 is 0 Å². The van der Waals surface area contributed by atoms with E-state index in [0.29, 0.717) is 12.0 Å². The molecule has 3 fully saturated rings. The van der Waals surface area contributed by atoms with Gasteiger partial charge in [0, 0.05) is 38.0 Å². The third-order valence-corrected chi connectivity index (χ3v) is 9.98. The van der Waals surface area contributed by atoms with Crippen LogP contribution in [-0.2, 0) is 24.4 Å². The molecule has 5 rings (SSSR count). The Kier molecular flexibility index (Phi) is 6.71. The van der Waals surface area contributed by atoms with Gasteiger partial charge in [-0.2, -0.15) is 4.31 Å². The van der Waals surface area contributed by atoms with Gasteiger partial charge in [-0.05, 0) is 43.5 Å². The molecule has 5 atom stereocenters. The predicted octanol–water partition coefficient (Wildman–Crippen LogP) is 1.05. The first kappa shape index (κ1) is 25.6. The van der Waals surface area contributed by atoms with Gasteiger partial charge in [0.2, 0.25) is 21.8 Å². The molecule has 1 aliphatic carbocycles. The van der Waals surface area contributed by atoms with E-state index in [4.69, 9.17) is 0 Å². The number of fused-ring (bicyclic) bond motifs is 3. The fourth-order valence-electron chi connectivity index (χ4n) is 6.32. The number of sulfonamides is 1. The van der Waals surface area contributed by atoms with E-state index < -0.39 is 28.0 Å². The van der Waals surface area contributed by atoms with Crippen molar-refractivity contribution in [2.75, 3.05) is 26.2 Å². The van der Waals surface area contributed by atoms with Gasteiger partial charge in [0.15, 0.2) is 0 Å². The SMILES string of the molecule is C[C@@H](O)[C@H]1C(=O)N2C(C(=O)O)=C3[C@@H](/C=C/C(=O)N4CCN(S(=O)(=O)c5ccccc5)CC4)CCC[C@@H]3[C@H]12. The van der Waals surface area contributed by atoms with Crippen molar-refractivity contribution in [1.29, 1.82) is 0 Å². The molecule has 1 aromatic carbocycles. The van der Waals surface area contributed by atoms with Crippen molar-refractivity contribution in [3.05, 3.63) is 53.8 Å². The van der Waals surface area contributed by atoms with Gasteiger partial charge in [-0.25, -0.2) is 13.2 Å². The molecule has 1 saturated carbocycles. The summed E-state index contributed by atoms with van der Waals surface area (Å²) in [6, 6.07) is 7.85. The van der Waals surface area contributed by atoms with Crippen molar-refractivity contribution in [3.63, 3.8) is 0 Å². The minimum absolute atomic E-state index is 0.00145. The zero-order valence-corrected chi connectivity index (χ0v) is 21.4. The summed E-state index contributed by atoms with van der Waals surface area (Å²) in [5.74, 6) is -2.82. The molecule has 0 spiro atoms. The molecule has 37 heavy (non-hydrogen) atoms. The van der Waals surface area contributed by atoms with E-state index in [9.17, 15) is 33.0 Å². The molecule has 4 aliphatic rings. The number of benzene rings is 1. The fraction of sp³-hybridized carbons (Fsp3) is 0.500. The molecule has 3 aliphatic heterocycles. The lowest BCUT2D eigenvalue weighted by atomic mass is 9.69. The van der Waals surface area contributed by atoms with Gasteiger partial charge in [-0.1, -0.05) is 30.7 Å². The van der Waals surface area contributed by atoms with Gasteiger partial charge in [0.1, 0.15) is 5.70 Å². The summed E-state index contributed by atoms with van der Waals surface area (Å²) in [4.78, 5) is 40.9. The molecule has 3 heterocycles. The highest BCUT2D eigenvalue weighted by molar-refractivity contribution is 7.89. The van der Waals surface area contributed by atoms with Crippen molar-refractivity contribution >= 4 is 27.8 Å². The molecule has 0 aromatic heterocycles. The summed E-state index contributed by atoms with van der Waals surface area (Å²) in [7, 11) is -3.62. The Morgan fingerprint density at radius 2 is 1.76 bits per heavy atom. The lowest BCUT2D eigenvalue weighted by Crippen LogP contribution is -2.64. The van der Waals surface area contributed by atoms with Crippen LogP contribution >= 0.6 is 0 Å². The first-order valence-corrected chi connectivity index (χ1v) is 14.1. The number of hydrogen-bond acceptors (Lipinski definition) is 6. The number of nitrogens with zero attached hydrogens (tertiary/aromatic N) is 3. The Hall–Kier alpha value is -3.02. The molecule has 0 bridgehead atoms. The molecule has 198 valence electrons. The van der Waals surface area contributed by atoms with Crippen molar-refractivity contribution in [2.45, 2.75) is 43.2 Å². The van der Waals surface area contributed by atoms with E-state index in [1.54, 1.807) is 48.2 Å². The number of β-lactam (4-membered cyclic amide) rings is 1. The maximum absolute atomic E-state index is 13.0. The number of amides is 2. The van der Waals surface area contributed by atoms with Gasteiger partial charge in [0.25, 0.3) is 0 Å². The number of aliphatic hydroxyl groups is 1. The maximum atomic E-state index is 13.0. The van der Waals surface area contributed by atoms with Gasteiger partial charge in [0.05, 0.1) is 23.0 Å². The van der Waals surface area contributed by atoms with Crippen LogP contribution in [0.3, 0.4) is 0 Å². The smallest absolute Gasteiger partial charge is 0.352 e. The summed E-state index contributed by atoms with van der Waals surface area (Å²) in [5.41, 5.74) is 0.668. The number of allylic oxidation sites excluding steroid dienone is 1. The first-order valence-electron chi connectivity index (χ1n) is 12.6. The molecule has 2 saturated heterocycles. The fourth-order valence-corrected chi connectivity index (χ4v) is 7.77. The predicted molar refractivity (Wildman–Crippen MR) is 132 cm³/mol. The number of aliphatic carboxylic acids is 1. The van der Waals surface area contributed by atoms with Gasteiger partial charge < -0.3 is 20.0 Å². The number of aliphatic hydroxyl groups excluding tert-OH is 1. The van der Waals surface area contributed by atoms with Crippen LogP contribution in [0.25, 0.3) is 0 Å². The summed E-state index contributed by atoms with van der Waals surface area (Å²) >= 11 is 0. The summed E-state index contributed by atoms with van der Waals surface area (Å²) < 4.78 is 27.1. The van der Waals surface area contributed by atoms with E-state index in [1.165, 1.54) is 15.3 Å². The standard InChI is InChI=1S/C26H31N3O7S/c1-16(30)21-23-19-9-5-6-17(22(19)24(26(33)34)29(23)25(21)32)10-11-20(31)27-12-14-28(15-13-27)37(35,36)18-7-3-2-4-8-18/h2-4,7-8,10-11,16-17,19,21,23,30H,5-6,9,12-15H2,1H3,(H,33,34)/b11-10+/t16-,17-,19+,21-,23-/m1/s1. The molecule has 2 N–H and O–H groups in total. The number of rotatable bonds is 6. The van der Waals surface area contributed by atoms with Crippen molar-refractivity contribution in [2.24, 2.45) is 17.8 Å². The Bertz CT molecular complexity index is 1270. The van der Waals surface area contributed by atoms with Crippen LogP contribution in [0.5, 0.6) is 0 Å².